The molecule has 0 saturated carbocycles. The maximum atomic E-state index is 13.9. The number of carbonyl (C=O) groups excluding carboxylic acids is 2. The van der Waals surface area contributed by atoms with Gasteiger partial charge >= 0.3 is 0 Å². The van der Waals surface area contributed by atoms with Crippen LogP contribution < -0.4 is 9.62 Å². The molecular weight excluding hydrogens is 498 g/mol. The van der Waals surface area contributed by atoms with Crippen molar-refractivity contribution in [3.05, 3.63) is 95.1 Å². The molecular formula is C30H37N3O4S. The van der Waals surface area contributed by atoms with Crippen LogP contribution in [0.2, 0.25) is 0 Å². The van der Waals surface area contributed by atoms with Gasteiger partial charge in [-0.2, -0.15) is 0 Å². The molecule has 0 heterocycles. The summed E-state index contributed by atoms with van der Waals surface area (Å²) < 4.78 is 28.7. The lowest BCUT2D eigenvalue weighted by atomic mass is 10.1. The number of nitrogens with one attached hydrogen (secondary N) is 1. The van der Waals surface area contributed by atoms with Gasteiger partial charge in [-0.05, 0) is 82.5 Å². The lowest BCUT2D eigenvalue weighted by Crippen LogP contribution is -2.52. The first kappa shape index (κ1) is 28.9. The van der Waals surface area contributed by atoms with Gasteiger partial charge in [-0.15, -0.1) is 0 Å². The van der Waals surface area contributed by atoms with Gasteiger partial charge in [0.25, 0.3) is 10.0 Å². The summed E-state index contributed by atoms with van der Waals surface area (Å²) in [5, 5.41) is 2.86. The van der Waals surface area contributed by atoms with Crippen LogP contribution in [0.4, 0.5) is 5.69 Å². The van der Waals surface area contributed by atoms with Crippen LogP contribution in [0.5, 0.6) is 0 Å². The highest BCUT2D eigenvalue weighted by atomic mass is 32.2. The van der Waals surface area contributed by atoms with Crippen LogP contribution in [0.15, 0.2) is 77.7 Å². The van der Waals surface area contributed by atoms with E-state index in [2.05, 4.69) is 5.32 Å². The summed E-state index contributed by atoms with van der Waals surface area (Å²) in [4.78, 5) is 28.4. The van der Waals surface area contributed by atoms with E-state index in [4.69, 9.17) is 0 Å². The number of hydrogen-bond donors (Lipinski definition) is 1. The van der Waals surface area contributed by atoms with Crippen molar-refractivity contribution in [1.82, 2.24) is 10.2 Å². The van der Waals surface area contributed by atoms with Crippen molar-refractivity contribution < 1.29 is 18.0 Å². The van der Waals surface area contributed by atoms with Gasteiger partial charge in [-0.1, -0.05) is 54.1 Å². The molecule has 2 amide bonds. The SMILES string of the molecule is Cc1ccc(CN(C(=O)CN(c2ccc(C)c(C)c2)S(=O)(=O)c2ccccc2)C(C)C(=O)NC(C)C)cc1. The standard InChI is InChI=1S/C30H37N3O4S/c1-21(2)31-30(35)25(6)32(19-26-15-12-22(3)13-16-26)29(34)20-33(27-17-14-23(4)24(5)18-27)38(36,37)28-10-8-7-9-11-28/h7-18,21,25H,19-20H2,1-6H3,(H,31,35). The first-order valence-corrected chi connectivity index (χ1v) is 14.1. The van der Waals surface area contributed by atoms with E-state index in [0.717, 1.165) is 26.6 Å². The molecule has 0 radical (unpaired) electrons. The van der Waals surface area contributed by atoms with Crippen LogP contribution in [0.1, 0.15) is 43.0 Å². The van der Waals surface area contributed by atoms with E-state index in [1.165, 1.54) is 17.0 Å². The monoisotopic (exact) mass is 535 g/mol. The van der Waals surface area contributed by atoms with E-state index in [-0.39, 0.29) is 23.4 Å². The molecule has 1 atom stereocenters. The quantitative estimate of drug-likeness (QED) is 0.406. The Kier molecular flexibility index (Phi) is 9.33. The molecule has 1 N–H and O–H groups in total. The topological polar surface area (TPSA) is 86.8 Å². The minimum atomic E-state index is -4.07. The molecule has 0 aliphatic rings. The Morgan fingerprint density at radius 1 is 0.842 bits per heavy atom. The van der Waals surface area contributed by atoms with E-state index in [9.17, 15) is 18.0 Å². The van der Waals surface area contributed by atoms with Crippen LogP contribution in [0.25, 0.3) is 0 Å². The van der Waals surface area contributed by atoms with Crippen molar-refractivity contribution in [2.45, 2.75) is 65.1 Å². The lowest BCUT2D eigenvalue weighted by Gasteiger charge is -2.32. The third kappa shape index (κ3) is 7.01. The van der Waals surface area contributed by atoms with Crippen molar-refractivity contribution in [2.75, 3.05) is 10.8 Å². The second-order valence-electron chi connectivity index (χ2n) is 9.94. The van der Waals surface area contributed by atoms with E-state index in [0.29, 0.717) is 5.69 Å². The summed E-state index contributed by atoms with van der Waals surface area (Å²) >= 11 is 0. The van der Waals surface area contributed by atoms with Crippen LogP contribution in [-0.2, 0) is 26.2 Å². The average Bonchev–Trinajstić information content (AvgIpc) is 2.88. The third-order valence-electron chi connectivity index (χ3n) is 6.46. The zero-order valence-electron chi connectivity index (χ0n) is 22.9. The Morgan fingerprint density at radius 3 is 2.05 bits per heavy atom. The summed E-state index contributed by atoms with van der Waals surface area (Å²) in [6, 6.07) is 20.1. The van der Waals surface area contributed by atoms with E-state index in [1.54, 1.807) is 37.3 Å². The zero-order valence-corrected chi connectivity index (χ0v) is 23.7. The second kappa shape index (κ2) is 12.3. The molecule has 0 aliphatic carbocycles. The Hall–Kier alpha value is -3.65. The molecule has 38 heavy (non-hydrogen) atoms. The van der Waals surface area contributed by atoms with Crippen molar-refractivity contribution in [2.24, 2.45) is 0 Å². The fourth-order valence-electron chi connectivity index (χ4n) is 4.01. The number of sulfonamides is 1. The number of benzene rings is 3. The molecule has 7 nitrogen and oxygen atoms in total. The molecule has 0 fully saturated rings. The molecule has 202 valence electrons. The van der Waals surface area contributed by atoms with Crippen LogP contribution >= 0.6 is 0 Å². The molecule has 3 aromatic rings. The molecule has 0 spiro atoms. The zero-order chi connectivity index (χ0) is 28.0. The van der Waals surface area contributed by atoms with Crippen LogP contribution in [0, 0.1) is 20.8 Å². The van der Waals surface area contributed by atoms with Gasteiger partial charge in [0.05, 0.1) is 10.6 Å². The number of aryl methyl sites for hydroxylation is 3. The van der Waals surface area contributed by atoms with Crippen molar-refractivity contribution in [3.63, 3.8) is 0 Å². The number of amides is 2. The smallest absolute Gasteiger partial charge is 0.264 e. The molecule has 0 aromatic heterocycles. The fraction of sp³-hybridized carbons (Fsp3) is 0.333. The maximum Gasteiger partial charge on any atom is 0.264 e. The molecule has 0 bridgehead atoms. The highest BCUT2D eigenvalue weighted by molar-refractivity contribution is 7.92. The van der Waals surface area contributed by atoms with Gasteiger partial charge < -0.3 is 10.2 Å². The summed E-state index contributed by atoms with van der Waals surface area (Å²) in [5.74, 6) is -0.779. The van der Waals surface area contributed by atoms with Gasteiger partial charge in [-0.25, -0.2) is 8.42 Å². The Balaban J connectivity index is 2.04. The van der Waals surface area contributed by atoms with Crippen LogP contribution in [-0.4, -0.2) is 43.8 Å². The summed E-state index contributed by atoms with van der Waals surface area (Å²) in [5.41, 5.74) is 4.23. The molecule has 0 aliphatic heterocycles. The predicted octanol–water partition coefficient (Wildman–Crippen LogP) is 4.75. The largest absolute Gasteiger partial charge is 0.352 e. The van der Waals surface area contributed by atoms with Gasteiger partial charge in [0.15, 0.2) is 0 Å². The number of hydrogen-bond acceptors (Lipinski definition) is 4. The van der Waals surface area contributed by atoms with Gasteiger partial charge in [0.1, 0.15) is 12.6 Å². The highest BCUT2D eigenvalue weighted by Crippen LogP contribution is 2.26. The predicted molar refractivity (Wildman–Crippen MR) is 151 cm³/mol. The fourth-order valence-corrected chi connectivity index (χ4v) is 5.43. The molecule has 3 aromatic carbocycles. The minimum absolute atomic E-state index is 0.0849. The van der Waals surface area contributed by atoms with Crippen molar-refractivity contribution in [1.29, 1.82) is 0 Å². The Morgan fingerprint density at radius 2 is 1.47 bits per heavy atom. The molecule has 1 unspecified atom stereocenters. The molecule has 0 saturated heterocycles. The summed E-state index contributed by atoms with van der Waals surface area (Å²) in [6.07, 6.45) is 0. The van der Waals surface area contributed by atoms with E-state index < -0.39 is 28.5 Å². The van der Waals surface area contributed by atoms with Gasteiger partial charge in [0.2, 0.25) is 11.8 Å². The summed E-state index contributed by atoms with van der Waals surface area (Å²) in [7, 11) is -4.07. The Labute approximate surface area is 226 Å². The average molecular weight is 536 g/mol. The Bertz CT molecular complexity index is 1370. The second-order valence-corrected chi connectivity index (χ2v) is 11.8. The minimum Gasteiger partial charge on any atom is -0.352 e. The third-order valence-corrected chi connectivity index (χ3v) is 8.25. The molecule has 8 heteroatoms. The lowest BCUT2D eigenvalue weighted by molar-refractivity contribution is -0.139. The van der Waals surface area contributed by atoms with E-state index >= 15 is 0 Å². The van der Waals surface area contributed by atoms with Crippen molar-refractivity contribution >= 4 is 27.5 Å². The first-order valence-electron chi connectivity index (χ1n) is 12.7. The van der Waals surface area contributed by atoms with Crippen molar-refractivity contribution in [3.8, 4) is 0 Å². The number of rotatable bonds is 10. The number of nitrogens with zero attached hydrogens (tertiary/aromatic N) is 2. The normalized spacial score (nSPS) is 12.2. The molecule has 3 rings (SSSR count). The van der Waals surface area contributed by atoms with E-state index in [1.807, 2.05) is 65.0 Å². The first-order chi connectivity index (χ1) is 17.9. The summed E-state index contributed by atoms with van der Waals surface area (Å²) in [6.45, 7) is 10.9. The van der Waals surface area contributed by atoms with Gasteiger partial charge in [-0.3, -0.25) is 13.9 Å². The van der Waals surface area contributed by atoms with Gasteiger partial charge in [0, 0.05) is 12.6 Å². The van der Waals surface area contributed by atoms with Crippen LogP contribution in [0.3, 0.4) is 0 Å². The number of anilines is 1. The number of carbonyl (C=O) groups is 2. The highest BCUT2D eigenvalue weighted by Gasteiger charge is 2.32. The maximum absolute atomic E-state index is 13.9.